The highest BCUT2D eigenvalue weighted by Gasteiger charge is 2.19. The minimum Gasteiger partial charge on any atom is -0.459 e. The molecule has 1 aromatic rings. The van der Waals surface area contributed by atoms with Crippen LogP contribution < -0.4 is 11.3 Å². The Balaban J connectivity index is 2.78. The smallest absolute Gasteiger partial charge is 0.301 e. The van der Waals surface area contributed by atoms with E-state index >= 15 is 0 Å². The minimum atomic E-state index is -0.407. The van der Waals surface area contributed by atoms with E-state index in [0.29, 0.717) is 19.2 Å². The standard InChI is InChI=1S/C13H23N3O3/c1-4-10(2)16(6-8-18-3)9-11-5-7-19-12(11)13(17)15-14/h5,7,10H,4,6,8-9,14H2,1-3H3,(H,15,17). The van der Waals surface area contributed by atoms with Gasteiger partial charge in [0, 0.05) is 31.8 Å². The summed E-state index contributed by atoms with van der Waals surface area (Å²) >= 11 is 0. The summed E-state index contributed by atoms with van der Waals surface area (Å²) in [6, 6.07) is 2.20. The Bertz CT molecular complexity index is 392. The summed E-state index contributed by atoms with van der Waals surface area (Å²) < 4.78 is 10.3. The van der Waals surface area contributed by atoms with Gasteiger partial charge in [-0.1, -0.05) is 6.92 Å². The van der Waals surface area contributed by atoms with Gasteiger partial charge in [-0.15, -0.1) is 0 Å². The van der Waals surface area contributed by atoms with Crippen LogP contribution in [0.2, 0.25) is 0 Å². The SMILES string of the molecule is CCC(C)N(CCOC)Cc1ccoc1C(=O)NN. The van der Waals surface area contributed by atoms with E-state index in [-0.39, 0.29) is 5.76 Å². The molecule has 3 N–H and O–H groups in total. The van der Waals surface area contributed by atoms with Gasteiger partial charge < -0.3 is 9.15 Å². The molecule has 0 saturated carbocycles. The summed E-state index contributed by atoms with van der Waals surface area (Å²) in [6.07, 6.45) is 2.53. The fourth-order valence-electron chi connectivity index (χ4n) is 1.87. The largest absolute Gasteiger partial charge is 0.459 e. The number of ether oxygens (including phenoxy) is 1. The summed E-state index contributed by atoms with van der Waals surface area (Å²) in [6.45, 7) is 6.38. The van der Waals surface area contributed by atoms with Crippen molar-refractivity contribution in [3.05, 3.63) is 23.7 Å². The summed E-state index contributed by atoms with van der Waals surface area (Å²) in [7, 11) is 1.68. The molecule has 6 nitrogen and oxygen atoms in total. The second-order valence-electron chi connectivity index (χ2n) is 4.47. The molecular weight excluding hydrogens is 246 g/mol. The number of hydrazine groups is 1. The lowest BCUT2D eigenvalue weighted by Crippen LogP contribution is -2.36. The predicted molar refractivity (Wildman–Crippen MR) is 72.4 cm³/mol. The number of nitrogen functional groups attached to an aromatic ring is 1. The van der Waals surface area contributed by atoms with Gasteiger partial charge in [0.15, 0.2) is 5.76 Å². The second-order valence-corrected chi connectivity index (χ2v) is 4.47. The Labute approximate surface area is 113 Å². The fraction of sp³-hybridized carbons (Fsp3) is 0.615. The number of carbonyl (C=O) groups excluding carboxylic acids is 1. The normalized spacial score (nSPS) is 12.7. The molecular formula is C13H23N3O3. The van der Waals surface area contributed by atoms with E-state index in [1.165, 1.54) is 6.26 Å². The first-order chi connectivity index (χ1) is 9.13. The molecule has 0 radical (unpaired) electrons. The van der Waals surface area contributed by atoms with Gasteiger partial charge in [0.05, 0.1) is 12.9 Å². The molecule has 6 heteroatoms. The molecule has 0 saturated heterocycles. The van der Waals surface area contributed by atoms with Gasteiger partial charge in [0.2, 0.25) is 0 Å². The molecule has 0 aromatic carbocycles. The van der Waals surface area contributed by atoms with E-state index < -0.39 is 5.91 Å². The van der Waals surface area contributed by atoms with E-state index in [0.717, 1.165) is 18.5 Å². The first-order valence-electron chi connectivity index (χ1n) is 6.44. The van der Waals surface area contributed by atoms with E-state index in [2.05, 4.69) is 24.2 Å². The lowest BCUT2D eigenvalue weighted by Gasteiger charge is -2.27. The van der Waals surface area contributed by atoms with Gasteiger partial charge in [-0.3, -0.25) is 15.1 Å². The van der Waals surface area contributed by atoms with Crippen molar-refractivity contribution in [1.29, 1.82) is 0 Å². The number of rotatable bonds is 8. The van der Waals surface area contributed by atoms with Crippen LogP contribution in [-0.2, 0) is 11.3 Å². The highest BCUT2D eigenvalue weighted by molar-refractivity contribution is 5.92. The summed E-state index contributed by atoms with van der Waals surface area (Å²) in [4.78, 5) is 13.8. The van der Waals surface area contributed by atoms with Gasteiger partial charge in [-0.2, -0.15) is 0 Å². The molecule has 0 fully saturated rings. The summed E-state index contributed by atoms with van der Waals surface area (Å²) in [5.74, 6) is 5.00. The molecule has 108 valence electrons. The van der Waals surface area contributed by atoms with Crippen LogP contribution >= 0.6 is 0 Å². The van der Waals surface area contributed by atoms with Gasteiger partial charge in [0.25, 0.3) is 0 Å². The Morgan fingerprint density at radius 2 is 2.37 bits per heavy atom. The molecule has 0 spiro atoms. The monoisotopic (exact) mass is 269 g/mol. The van der Waals surface area contributed by atoms with Gasteiger partial charge >= 0.3 is 5.91 Å². The molecule has 0 bridgehead atoms. The summed E-state index contributed by atoms with van der Waals surface area (Å²) in [5.41, 5.74) is 2.92. The lowest BCUT2D eigenvalue weighted by atomic mass is 10.1. The number of carbonyl (C=O) groups is 1. The van der Waals surface area contributed by atoms with Crippen molar-refractivity contribution in [3.8, 4) is 0 Å². The predicted octanol–water partition coefficient (Wildman–Crippen LogP) is 1.13. The average Bonchev–Trinajstić information content (AvgIpc) is 2.89. The van der Waals surface area contributed by atoms with Crippen molar-refractivity contribution in [2.24, 2.45) is 5.84 Å². The van der Waals surface area contributed by atoms with Gasteiger partial charge in [-0.05, 0) is 19.4 Å². The topological polar surface area (TPSA) is 80.7 Å². The van der Waals surface area contributed by atoms with Crippen molar-refractivity contribution in [2.45, 2.75) is 32.9 Å². The van der Waals surface area contributed by atoms with E-state index in [1.807, 2.05) is 0 Å². The first kappa shape index (κ1) is 15.7. The minimum absolute atomic E-state index is 0.271. The van der Waals surface area contributed by atoms with Gasteiger partial charge in [0.1, 0.15) is 0 Å². The van der Waals surface area contributed by atoms with Crippen molar-refractivity contribution < 1.29 is 13.9 Å². The molecule has 1 rings (SSSR count). The van der Waals surface area contributed by atoms with E-state index in [9.17, 15) is 4.79 Å². The van der Waals surface area contributed by atoms with Crippen LogP contribution in [0, 0.1) is 0 Å². The van der Waals surface area contributed by atoms with Crippen LogP contribution in [0.25, 0.3) is 0 Å². The zero-order chi connectivity index (χ0) is 14.3. The van der Waals surface area contributed by atoms with Crippen LogP contribution in [-0.4, -0.2) is 37.1 Å². The van der Waals surface area contributed by atoms with Crippen molar-refractivity contribution in [2.75, 3.05) is 20.3 Å². The molecule has 1 unspecified atom stereocenters. The Hall–Kier alpha value is -1.37. The zero-order valence-electron chi connectivity index (χ0n) is 11.8. The summed E-state index contributed by atoms with van der Waals surface area (Å²) in [5, 5.41) is 0. The number of nitrogens with zero attached hydrogens (tertiary/aromatic N) is 1. The van der Waals surface area contributed by atoms with Crippen LogP contribution in [0.15, 0.2) is 16.7 Å². The molecule has 1 aromatic heterocycles. The molecule has 1 amide bonds. The maximum atomic E-state index is 11.6. The quantitative estimate of drug-likeness (QED) is 0.420. The molecule has 0 aliphatic carbocycles. The Morgan fingerprint density at radius 3 is 2.95 bits per heavy atom. The number of nitrogens with two attached hydrogens (primary N) is 1. The number of furan rings is 1. The van der Waals surface area contributed by atoms with Crippen LogP contribution in [0.4, 0.5) is 0 Å². The zero-order valence-corrected chi connectivity index (χ0v) is 11.8. The highest BCUT2D eigenvalue weighted by atomic mass is 16.5. The number of hydrogen-bond donors (Lipinski definition) is 2. The van der Waals surface area contributed by atoms with Crippen LogP contribution in [0.3, 0.4) is 0 Å². The number of nitrogens with one attached hydrogen (secondary N) is 1. The van der Waals surface area contributed by atoms with E-state index in [1.54, 1.807) is 13.2 Å². The lowest BCUT2D eigenvalue weighted by molar-refractivity contribution is 0.0917. The van der Waals surface area contributed by atoms with Crippen molar-refractivity contribution >= 4 is 5.91 Å². The number of hydrogen-bond acceptors (Lipinski definition) is 5. The average molecular weight is 269 g/mol. The third kappa shape index (κ3) is 4.34. The third-order valence-corrected chi connectivity index (χ3v) is 3.25. The second kappa shape index (κ2) is 7.93. The fourth-order valence-corrected chi connectivity index (χ4v) is 1.87. The number of methoxy groups -OCH3 is 1. The van der Waals surface area contributed by atoms with E-state index in [4.69, 9.17) is 15.0 Å². The number of amides is 1. The van der Waals surface area contributed by atoms with Gasteiger partial charge in [-0.25, -0.2) is 5.84 Å². The Kier molecular flexibility index (Phi) is 6.55. The van der Waals surface area contributed by atoms with Crippen molar-refractivity contribution in [1.82, 2.24) is 10.3 Å². The van der Waals surface area contributed by atoms with Crippen LogP contribution in [0.1, 0.15) is 36.4 Å². The molecule has 0 aliphatic rings. The molecule has 1 atom stereocenters. The maximum Gasteiger partial charge on any atom is 0.301 e. The van der Waals surface area contributed by atoms with Crippen LogP contribution in [0.5, 0.6) is 0 Å². The molecule has 1 heterocycles. The molecule has 0 aliphatic heterocycles. The van der Waals surface area contributed by atoms with Crippen molar-refractivity contribution in [3.63, 3.8) is 0 Å². The third-order valence-electron chi connectivity index (χ3n) is 3.25. The Morgan fingerprint density at radius 1 is 1.63 bits per heavy atom. The first-order valence-corrected chi connectivity index (χ1v) is 6.44. The molecule has 19 heavy (non-hydrogen) atoms. The highest BCUT2D eigenvalue weighted by Crippen LogP contribution is 2.16. The maximum absolute atomic E-state index is 11.6.